The van der Waals surface area contributed by atoms with E-state index < -0.39 is 0 Å². The van der Waals surface area contributed by atoms with Gasteiger partial charge in [-0.1, -0.05) is 26.0 Å². The van der Waals surface area contributed by atoms with Crippen LogP contribution in [-0.4, -0.2) is 19.2 Å². The summed E-state index contributed by atoms with van der Waals surface area (Å²) in [4.78, 5) is 14.6. The average molecular weight is 206 g/mol. The summed E-state index contributed by atoms with van der Waals surface area (Å²) in [6.07, 6.45) is 0.825. The molecule has 1 N–H and O–H groups in total. The minimum Gasteiger partial charge on any atom is -0.344 e. The molecule has 1 aromatic rings. The number of hydrogen-bond donors (Lipinski definition) is 1. The van der Waals surface area contributed by atoms with Crippen molar-refractivity contribution >= 4 is 17.8 Å². The number of aliphatic imine (C=N–C) groups is 1. The zero-order valence-corrected chi connectivity index (χ0v) is 9.74. The molecule has 1 aromatic carbocycles. The van der Waals surface area contributed by atoms with Crippen LogP contribution >= 0.6 is 0 Å². The van der Waals surface area contributed by atoms with Gasteiger partial charge in [-0.25, -0.2) is 0 Å². The van der Waals surface area contributed by atoms with Gasteiger partial charge in [0, 0.05) is 18.3 Å². The van der Waals surface area contributed by atoms with Crippen LogP contribution in [0.2, 0.25) is 0 Å². The van der Waals surface area contributed by atoms with Gasteiger partial charge in [-0.3, -0.25) is 9.79 Å². The number of nitrogens with zero attached hydrogens (tertiary/aromatic N) is 1. The molecule has 0 atom stereocenters. The Hall–Kier alpha value is -1.64. The number of carbonyl (C=O) groups is 1. The molecule has 0 amide bonds. The van der Waals surface area contributed by atoms with E-state index in [9.17, 15) is 4.79 Å². The van der Waals surface area contributed by atoms with Crippen molar-refractivity contribution in [2.75, 3.05) is 12.4 Å². The van der Waals surface area contributed by atoms with E-state index in [4.69, 9.17) is 0 Å². The summed E-state index contributed by atoms with van der Waals surface area (Å²) in [5.74, 6) is 0.786. The van der Waals surface area contributed by atoms with E-state index in [1.54, 1.807) is 13.1 Å². The second kappa shape index (κ2) is 7.74. The third kappa shape index (κ3) is 4.40. The summed E-state index contributed by atoms with van der Waals surface area (Å²) in [5.41, 5.74) is 1.44. The van der Waals surface area contributed by atoms with Crippen LogP contribution in [0.4, 0.5) is 5.69 Å². The Morgan fingerprint density at radius 2 is 1.93 bits per heavy atom. The fourth-order valence-corrected chi connectivity index (χ4v) is 0.964. The van der Waals surface area contributed by atoms with Gasteiger partial charge in [0.1, 0.15) is 0 Å². The number of anilines is 1. The fraction of sp³-hybridized carbons (Fsp3) is 0.333. The summed E-state index contributed by atoms with van der Waals surface area (Å²) < 4.78 is 0. The first-order valence-corrected chi connectivity index (χ1v) is 5.02. The highest BCUT2D eigenvalue weighted by Crippen LogP contribution is 2.12. The molecule has 0 saturated heterocycles. The zero-order valence-electron chi connectivity index (χ0n) is 9.74. The van der Waals surface area contributed by atoms with E-state index in [2.05, 4.69) is 10.3 Å². The van der Waals surface area contributed by atoms with Crippen LogP contribution in [0.3, 0.4) is 0 Å². The average Bonchev–Trinajstić information content (AvgIpc) is 2.32. The van der Waals surface area contributed by atoms with Crippen molar-refractivity contribution in [3.63, 3.8) is 0 Å². The van der Waals surface area contributed by atoms with Crippen LogP contribution in [0.5, 0.6) is 0 Å². The Morgan fingerprint density at radius 3 is 2.47 bits per heavy atom. The number of benzene rings is 1. The van der Waals surface area contributed by atoms with Crippen LogP contribution in [0.25, 0.3) is 0 Å². The predicted octanol–water partition coefficient (Wildman–Crippen LogP) is 2.99. The fourth-order valence-electron chi connectivity index (χ4n) is 0.964. The van der Waals surface area contributed by atoms with E-state index in [1.807, 2.05) is 39.0 Å². The molecule has 3 heteroatoms. The molecule has 0 spiro atoms. The largest absolute Gasteiger partial charge is 0.344 e. The lowest BCUT2D eigenvalue weighted by Gasteiger charge is -2.06. The van der Waals surface area contributed by atoms with Gasteiger partial charge < -0.3 is 5.32 Å². The van der Waals surface area contributed by atoms with E-state index in [0.717, 1.165) is 17.8 Å². The first kappa shape index (κ1) is 13.4. The van der Waals surface area contributed by atoms with Crippen molar-refractivity contribution in [3.8, 4) is 0 Å². The molecule has 0 aliphatic carbocycles. The Labute approximate surface area is 91.2 Å². The first-order chi connectivity index (χ1) is 7.27. The normalized spacial score (nSPS) is 10.0. The van der Waals surface area contributed by atoms with Crippen LogP contribution < -0.4 is 5.32 Å². The van der Waals surface area contributed by atoms with Crippen molar-refractivity contribution in [3.05, 3.63) is 29.8 Å². The zero-order chi connectivity index (χ0) is 11.7. The van der Waals surface area contributed by atoms with Crippen molar-refractivity contribution in [1.29, 1.82) is 0 Å². The summed E-state index contributed by atoms with van der Waals surface area (Å²) in [5, 5.41) is 3.03. The van der Waals surface area contributed by atoms with Crippen molar-refractivity contribution in [2.45, 2.75) is 20.8 Å². The maximum atomic E-state index is 10.6. The molecule has 0 saturated carbocycles. The van der Waals surface area contributed by atoms with Crippen LogP contribution in [-0.2, 0) is 0 Å². The maximum absolute atomic E-state index is 10.6. The summed E-state index contributed by atoms with van der Waals surface area (Å²) in [6, 6.07) is 7.31. The molecule has 0 radical (unpaired) electrons. The quantitative estimate of drug-likeness (QED) is 0.459. The van der Waals surface area contributed by atoms with Crippen molar-refractivity contribution < 1.29 is 4.79 Å². The molecule has 3 nitrogen and oxygen atoms in total. The molecular formula is C12H18N2O. The lowest BCUT2D eigenvalue weighted by atomic mass is 10.2. The minimum atomic E-state index is 0.644. The highest BCUT2D eigenvalue weighted by Gasteiger charge is 1.99. The van der Waals surface area contributed by atoms with Crippen molar-refractivity contribution in [1.82, 2.24) is 0 Å². The molecule has 0 aliphatic heterocycles. The Balaban J connectivity index is 0.000000921. The number of aldehydes is 1. The SMILES string of the molecule is CC.CN=C(C)Nc1ccccc1C=O. The maximum Gasteiger partial charge on any atom is 0.152 e. The monoisotopic (exact) mass is 206 g/mol. The van der Waals surface area contributed by atoms with E-state index in [0.29, 0.717) is 5.56 Å². The van der Waals surface area contributed by atoms with Gasteiger partial charge in [-0.2, -0.15) is 0 Å². The smallest absolute Gasteiger partial charge is 0.152 e. The van der Waals surface area contributed by atoms with Gasteiger partial charge in [-0.15, -0.1) is 0 Å². The number of amidine groups is 1. The third-order valence-electron chi connectivity index (χ3n) is 1.74. The Bertz CT molecular complexity index is 332. The number of nitrogens with one attached hydrogen (secondary N) is 1. The summed E-state index contributed by atoms with van der Waals surface area (Å²) in [7, 11) is 1.70. The van der Waals surface area contributed by atoms with Gasteiger partial charge in [0.15, 0.2) is 6.29 Å². The molecule has 82 valence electrons. The van der Waals surface area contributed by atoms with Gasteiger partial charge in [-0.05, 0) is 19.1 Å². The summed E-state index contributed by atoms with van der Waals surface area (Å²) >= 11 is 0. The first-order valence-electron chi connectivity index (χ1n) is 5.02. The van der Waals surface area contributed by atoms with Gasteiger partial charge >= 0.3 is 0 Å². The number of hydrogen-bond acceptors (Lipinski definition) is 2. The van der Waals surface area contributed by atoms with Crippen LogP contribution in [0.1, 0.15) is 31.1 Å². The highest BCUT2D eigenvalue weighted by atomic mass is 16.1. The van der Waals surface area contributed by atoms with Crippen LogP contribution in [0, 0.1) is 0 Å². The molecule has 1 rings (SSSR count). The Morgan fingerprint density at radius 1 is 1.33 bits per heavy atom. The molecule has 0 aromatic heterocycles. The Kier molecular flexibility index (Phi) is 6.89. The van der Waals surface area contributed by atoms with Gasteiger partial charge in [0.25, 0.3) is 0 Å². The van der Waals surface area contributed by atoms with E-state index in [-0.39, 0.29) is 0 Å². The molecule has 0 aliphatic rings. The lowest BCUT2D eigenvalue weighted by Crippen LogP contribution is -2.08. The molecule has 0 bridgehead atoms. The molecule has 0 fully saturated rings. The second-order valence-electron chi connectivity index (χ2n) is 2.64. The topological polar surface area (TPSA) is 41.5 Å². The molecule has 0 unspecified atom stereocenters. The van der Waals surface area contributed by atoms with Gasteiger partial charge in [0.2, 0.25) is 0 Å². The number of para-hydroxylation sites is 1. The van der Waals surface area contributed by atoms with E-state index >= 15 is 0 Å². The standard InChI is InChI=1S/C10H12N2O.C2H6/c1-8(11-2)12-10-6-4-3-5-9(10)7-13;1-2/h3-7H,1-2H3,(H,11,12);1-2H3. The van der Waals surface area contributed by atoms with Crippen LogP contribution in [0.15, 0.2) is 29.3 Å². The lowest BCUT2D eigenvalue weighted by molar-refractivity contribution is 0.112. The number of rotatable bonds is 2. The highest BCUT2D eigenvalue weighted by molar-refractivity contribution is 5.97. The second-order valence-corrected chi connectivity index (χ2v) is 2.64. The third-order valence-corrected chi connectivity index (χ3v) is 1.74. The van der Waals surface area contributed by atoms with Crippen molar-refractivity contribution in [2.24, 2.45) is 4.99 Å². The molecular weight excluding hydrogens is 188 g/mol. The number of carbonyl (C=O) groups excluding carboxylic acids is 1. The van der Waals surface area contributed by atoms with Gasteiger partial charge in [0.05, 0.1) is 5.84 Å². The van der Waals surface area contributed by atoms with E-state index in [1.165, 1.54) is 0 Å². The summed E-state index contributed by atoms with van der Waals surface area (Å²) in [6.45, 7) is 5.85. The molecule has 15 heavy (non-hydrogen) atoms. The minimum absolute atomic E-state index is 0.644. The predicted molar refractivity (Wildman–Crippen MR) is 65.8 cm³/mol. The molecule has 0 heterocycles.